The third kappa shape index (κ3) is 3.01. The standard InChI is InChI=1S/C14H16N2O2/c1-10(6-7-15)9-18-12-3-4-13-11(8-12)2-5-14(17)16-13/h3-4,8,10H,2,5-6,9H2,1H3,(H,16,17). The van der Waals surface area contributed by atoms with Crippen LogP contribution in [0.1, 0.15) is 25.3 Å². The first-order chi connectivity index (χ1) is 8.69. The molecule has 1 aliphatic rings. The number of hydrogen-bond acceptors (Lipinski definition) is 3. The van der Waals surface area contributed by atoms with Crippen LogP contribution in [-0.2, 0) is 11.2 Å². The number of ether oxygens (including phenoxy) is 1. The number of nitrogens with zero attached hydrogens (tertiary/aromatic N) is 1. The quantitative estimate of drug-likeness (QED) is 0.885. The van der Waals surface area contributed by atoms with Crippen molar-refractivity contribution in [1.29, 1.82) is 5.26 Å². The van der Waals surface area contributed by atoms with Gasteiger partial charge in [-0.3, -0.25) is 4.79 Å². The summed E-state index contributed by atoms with van der Waals surface area (Å²) >= 11 is 0. The highest BCUT2D eigenvalue weighted by Crippen LogP contribution is 2.27. The van der Waals surface area contributed by atoms with Gasteiger partial charge in [-0.15, -0.1) is 0 Å². The fraction of sp³-hybridized carbons (Fsp3) is 0.429. The number of hydrogen-bond donors (Lipinski definition) is 1. The molecule has 0 fully saturated rings. The van der Waals surface area contributed by atoms with E-state index in [0.717, 1.165) is 23.4 Å². The van der Waals surface area contributed by atoms with Gasteiger partial charge < -0.3 is 10.1 Å². The van der Waals surface area contributed by atoms with Crippen LogP contribution >= 0.6 is 0 Å². The van der Waals surface area contributed by atoms with E-state index in [9.17, 15) is 4.79 Å². The number of amides is 1. The third-order valence-corrected chi connectivity index (χ3v) is 2.95. The van der Waals surface area contributed by atoms with Gasteiger partial charge in [0.1, 0.15) is 5.75 Å². The lowest BCUT2D eigenvalue weighted by Crippen LogP contribution is -2.19. The summed E-state index contributed by atoms with van der Waals surface area (Å²) in [5.74, 6) is 1.10. The Bertz CT molecular complexity index is 491. The van der Waals surface area contributed by atoms with Crippen molar-refractivity contribution < 1.29 is 9.53 Å². The van der Waals surface area contributed by atoms with Crippen molar-refractivity contribution in [2.24, 2.45) is 5.92 Å². The summed E-state index contributed by atoms with van der Waals surface area (Å²) in [4.78, 5) is 11.2. The molecular weight excluding hydrogens is 228 g/mol. The average Bonchev–Trinajstić information content (AvgIpc) is 2.36. The first-order valence-corrected chi connectivity index (χ1v) is 6.11. The minimum atomic E-state index is 0.0683. The molecule has 0 aliphatic carbocycles. The van der Waals surface area contributed by atoms with Gasteiger partial charge >= 0.3 is 0 Å². The number of anilines is 1. The fourth-order valence-electron chi connectivity index (χ4n) is 1.90. The Hall–Kier alpha value is -2.02. The van der Waals surface area contributed by atoms with Gasteiger partial charge in [0.2, 0.25) is 5.91 Å². The van der Waals surface area contributed by atoms with Gasteiger partial charge in [-0.05, 0) is 30.2 Å². The van der Waals surface area contributed by atoms with E-state index in [0.29, 0.717) is 19.4 Å². The van der Waals surface area contributed by atoms with Crippen LogP contribution in [0.3, 0.4) is 0 Å². The van der Waals surface area contributed by atoms with Crippen molar-refractivity contribution in [3.8, 4) is 11.8 Å². The SMILES string of the molecule is CC(CC#N)COc1ccc2c(c1)CCC(=O)N2. The Balaban J connectivity index is 1.99. The average molecular weight is 244 g/mol. The summed E-state index contributed by atoms with van der Waals surface area (Å²) in [5.41, 5.74) is 1.99. The van der Waals surface area contributed by atoms with Crippen LogP contribution in [0.15, 0.2) is 18.2 Å². The van der Waals surface area contributed by atoms with Crippen molar-refractivity contribution in [3.63, 3.8) is 0 Å². The van der Waals surface area contributed by atoms with Crippen LogP contribution in [0.25, 0.3) is 0 Å². The summed E-state index contributed by atoms with van der Waals surface area (Å²) < 4.78 is 5.65. The minimum Gasteiger partial charge on any atom is -0.493 e. The molecule has 4 nitrogen and oxygen atoms in total. The Morgan fingerprint density at radius 2 is 2.33 bits per heavy atom. The molecule has 94 valence electrons. The summed E-state index contributed by atoms with van der Waals surface area (Å²) in [6, 6.07) is 7.82. The molecule has 1 heterocycles. The van der Waals surface area contributed by atoms with Gasteiger partial charge in [-0.25, -0.2) is 0 Å². The van der Waals surface area contributed by atoms with Gasteiger partial charge in [-0.1, -0.05) is 6.92 Å². The maximum absolute atomic E-state index is 11.2. The topological polar surface area (TPSA) is 62.1 Å². The maximum atomic E-state index is 11.2. The highest BCUT2D eigenvalue weighted by atomic mass is 16.5. The van der Waals surface area contributed by atoms with Gasteiger partial charge in [0.25, 0.3) is 0 Å². The smallest absolute Gasteiger partial charge is 0.224 e. The molecular formula is C14H16N2O2. The molecule has 1 unspecified atom stereocenters. The second-order valence-corrected chi connectivity index (χ2v) is 4.65. The van der Waals surface area contributed by atoms with Crippen molar-refractivity contribution in [2.75, 3.05) is 11.9 Å². The first-order valence-electron chi connectivity index (χ1n) is 6.11. The molecule has 1 aromatic carbocycles. The van der Waals surface area contributed by atoms with Crippen LogP contribution in [0.4, 0.5) is 5.69 Å². The summed E-state index contributed by atoms with van der Waals surface area (Å²) in [5, 5.41) is 11.4. The molecule has 0 aromatic heterocycles. The number of aryl methyl sites for hydroxylation is 1. The van der Waals surface area contributed by atoms with E-state index in [1.165, 1.54) is 0 Å². The molecule has 1 aromatic rings. The van der Waals surface area contributed by atoms with Crippen molar-refractivity contribution in [1.82, 2.24) is 0 Å². The maximum Gasteiger partial charge on any atom is 0.224 e. The molecule has 0 bridgehead atoms. The summed E-state index contributed by atoms with van der Waals surface area (Å²) in [6.07, 6.45) is 1.79. The molecule has 0 radical (unpaired) electrons. The lowest BCUT2D eigenvalue weighted by Gasteiger charge is -2.18. The molecule has 4 heteroatoms. The van der Waals surface area contributed by atoms with Gasteiger partial charge in [0.15, 0.2) is 0 Å². The molecule has 0 saturated carbocycles. The van der Waals surface area contributed by atoms with E-state index in [1.54, 1.807) is 0 Å². The Labute approximate surface area is 107 Å². The molecule has 18 heavy (non-hydrogen) atoms. The number of nitriles is 1. The first kappa shape index (κ1) is 12.4. The van der Waals surface area contributed by atoms with E-state index < -0.39 is 0 Å². The van der Waals surface area contributed by atoms with E-state index in [1.807, 2.05) is 25.1 Å². The number of carbonyl (C=O) groups excluding carboxylic acids is 1. The monoisotopic (exact) mass is 244 g/mol. The molecule has 1 N–H and O–H groups in total. The highest BCUT2D eigenvalue weighted by Gasteiger charge is 2.15. The van der Waals surface area contributed by atoms with Gasteiger partial charge in [0.05, 0.1) is 12.7 Å². The van der Waals surface area contributed by atoms with Gasteiger partial charge in [-0.2, -0.15) is 5.26 Å². The Morgan fingerprint density at radius 3 is 3.11 bits per heavy atom. The zero-order chi connectivity index (χ0) is 13.0. The molecule has 1 amide bonds. The zero-order valence-electron chi connectivity index (χ0n) is 10.4. The van der Waals surface area contributed by atoms with Crippen molar-refractivity contribution in [3.05, 3.63) is 23.8 Å². The largest absolute Gasteiger partial charge is 0.493 e. The summed E-state index contributed by atoms with van der Waals surface area (Å²) in [7, 11) is 0. The van der Waals surface area contributed by atoms with Crippen molar-refractivity contribution >= 4 is 11.6 Å². The fourth-order valence-corrected chi connectivity index (χ4v) is 1.90. The van der Waals surface area contributed by atoms with Crippen LogP contribution in [-0.4, -0.2) is 12.5 Å². The van der Waals surface area contributed by atoms with Crippen LogP contribution in [0, 0.1) is 17.2 Å². The predicted octanol–water partition coefficient (Wildman–Crippen LogP) is 2.50. The van der Waals surface area contributed by atoms with E-state index in [4.69, 9.17) is 10.00 Å². The van der Waals surface area contributed by atoms with Crippen LogP contribution < -0.4 is 10.1 Å². The predicted molar refractivity (Wildman–Crippen MR) is 68.3 cm³/mol. The molecule has 2 rings (SSSR count). The third-order valence-electron chi connectivity index (χ3n) is 2.95. The number of fused-ring (bicyclic) bond motifs is 1. The second kappa shape index (κ2) is 5.54. The van der Waals surface area contributed by atoms with Crippen LogP contribution in [0.5, 0.6) is 5.75 Å². The lowest BCUT2D eigenvalue weighted by molar-refractivity contribution is -0.116. The highest BCUT2D eigenvalue weighted by molar-refractivity contribution is 5.93. The number of nitrogens with one attached hydrogen (secondary N) is 1. The number of rotatable bonds is 4. The van der Waals surface area contributed by atoms with Gasteiger partial charge in [0, 0.05) is 24.4 Å². The lowest BCUT2D eigenvalue weighted by atomic mass is 10.0. The number of carbonyl (C=O) groups is 1. The van der Waals surface area contributed by atoms with Crippen LogP contribution in [0.2, 0.25) is 0 Å². The molecule has 0 spiro atoms. The molecule has 0 saturated heterocycles. The Morgan fingerprint density at radius 1 is 1.50 bits per heavy atom. The van der Waals surface area contributed by atoms with E-state index in [-0.39, 0.29) is 11.8 Å². The van der Waals surface area contributed by atoms with Crippen molar-refractivity contribution in [2.45, 2.75) is 26.2 Å². The van der Waals surface area contributed by atoms with E-state index >= 15 is 0 Å². The minimum absolute atomic E-state index is 0.0683. The molecule has 1 aliphatic heterocycles. The normalized spacial score (nSPS) is 15.2. The molecule has 1 atom stereocenters. The summed E-state index contributed by atoms with van der Waals surface area (Å²) in [6.45, 7) is 2.53. The van der Waals surface area contributed by atoms with E-state index in [2.05, 4.69) is 11.4 Å². The Kier molecular flexibility index (Phi) is 3.83. The zero-order valence-corrected chi connectivity index (χ0v) is 10.4. The number of benzene rings is 1. The second-order valence-electron chi connectivity index (χ2n) is 4.65.